The summed E-state index contributed by atoms with van der Waals surface area (Å²) in [6.07, 6.45) is 0. The molecule has 0 aromatic carbocycles. The monoisotopic (exact) mass is 293 g/mol. The number of thioether (sulfide) groups is 1. The molecule has 0 saturated carbocycles. The molecule has 0 aliphatic heterocycles. The Kier molecular flexibility index (Phi) is 11.0. The van der Waals surface area contributed by atoms with E-state index in [-0.39, 0.29) is 55.4 Å². The van der Waals surface area contributed by atoms with Crippen molar-refractivity contribution in [2.24, 2.45) is 5.11 Å². The average Bonchev–Trinajstić information content (AvgIpc) is 1.85. The van der Waals surface area contributed by atoms with Gasteiger partial charge >= 0.3 is 0 Å². The van der Waals surface area contributed by atoms with Gasteiger partial charge in [0.1, 0.15) is 0 Å². The molecule has 0 aliphatic carbocycles. The molecule has 2 atom stereocenters. The molecule has 0 amide bonds. The molecule has 0 aromatic rings. The molecule has 3 nitrogen and oxygen atoms in total. The number of hydrogen-bond acceptors (Lipinski definition) is 2. The average molecular weight is 295 g/mol. The van der Waals surface area contributed by atoms with Crippen molar-refractivity contribution in [3.05, 3.63) is 10.4 Å². The minimum absolute atomic E-state index is 0. The molecule has 0 saturated heterocycles. The Labute approximate surface area is 95.4 Å². The summed E-state index contributed by atoms with van der Waals surface area (Å²) < 4.78 is 6.80. The van der Waals surface area contributed by atoms with E-state index < -0.39 is 0 Å². The molecule has 0 spiro atoms. The van der Waals surface area contributed by atoms with E-state index in [1.54, 1.807) is 0 Å². The first-order chi connectivity index (χ1) is 4.31. The Bertz CT molecular complexity index is 120. The molecule has 0 bridgehead atoms. The number of nitrogens with zero attached hydrogens (tertiary/aromatic N) is 3. The van der Waals surface area contributed by atoms with E-state index in [0.717, 1.165) is 5.49 Å². The Balaban J connectivity index is 0. The fourth-order valence-corrected chi connectivity index (χ4v) is 1.30. The van der Waals surface area contributed by atoms with Crippen molar-refractivity contribution in [2.45, 2.75) is 12.3 Å². The van der Waals surface area contributed by atoms with Crippen LogP contribution in [0.4, 0.5) is 0 Å². The topological polar surface area (TPSA) is 48.8 Å². The minimum atomic E-state index is -0.0205. The maximum Gasteiger partial charge on any atom is 0.0808 e. The summed E-state index contributed by atoms with van der Waals surface area (Å²) in [7, 11) is 0.185. The first-order valence-electron chi connectivity index (χ1n) is 2.61. The summed E-state index contributed by atoms with van der Waals surface area (Å²) in [4.78, 5) is 2.63. The van der Waals surface area contributed by atoms with Gasteiger partial charge in [0.15, 0.2) is 0 Å². The van der Waals surface area contributed by atoms with E-state index in [9.17, 15) is 0 Å². The van der Waals surface area contributed by atoms with Crippen LogP contribution in [-0.4, -0.2) is 12.1 Å². The van der Waals surface area contributed by atoms with Gasteiger partial charge in [0.25, 0.3) is 0 Å². The van der Waals surface area contributed by atoms with Crippen molar-refractivity contribution in [3.8, 4) is 0 Å². The zero-order valence-corrected chi connectivity index (χ0v) is 10.1. The summed E-state index contributed by atoms with van der Waals surface area (Å²) >= 11 is 1.51. The molecule has 0 N–H and O–H groups in total. The standard InChI is InChI=1S/C3H8N3PS.Nd/c1-3(5-6-4)8-2-7;/h3H,2,7H2,1H3;/t3-;/m0./s1/i7T;/t3-,7?;. The van der Waals surface area contributed by atoms with Crippen molar-refractivity contribution >= 4 is 20.9 Å². The second kappa shape index (κ2) is 9.44. The van der Waals surface area contributed by atoms with E-state index in [1.807, 2.05) is 6.92 Å². The van der Waals surface area contributed by atoms with Gasteiger partial charge in [-0.05, 0) is 12.5 Å². The van der Waals surface area contributed by atoms with Gasteiger partial charge in [0.2, 0.25) is 0 Å². The molecule has 0 fully saturated rings. The molecular weight excluding hydrogens is 285 g/mol. The third-order valence-corrected chi connectivity index (χ3v) is 1.78. The molecular formula is C3H8N3NdPS. The molecule has 6 heteroatoms. The number of hydrogen-bond donors (Lipinski definition) is 0. The Morgan fingerprint density at radius 3 is 3.22 bits per heavy atom. The fraction of sp³-hybridized carbons (Fsp3) is 1.00. The third kappa shape index (κ3) is 9.44. The van der Waals surface area contributed by atoms with Crippen LogP contribution >= 0.6 is 20.9 Å². The Morgan fingerprint density at radius 2 is 2.78 bits per heavy atom. The maximum atomic E-state index is 7.94. The molecule has 0 heterocycles. The SMILES string of the molecule is [3H]PCS[C@@H](C)N=[N+]=[N-].[Nd]. The summed E-state index contributed by atoms with van der Waals surface area (Å²) in [5.41, 5.74) is 8.70. The molecule has 0 radical (unpaired) electrons. The molecule has 0 aromatic heterocycles. The zero-order chi connectivity index (χ0) is 7.11. The third-order valence-electron chi connectivity index (χ3n) is 0.539. The van der Waals surface area contributed by atoms with Crippen LogP contribution in [0.5, 0.6) is 0 Å². The van der Waals surface area contributed by atoms with Crippen molar-refractivity contribution in [1.82, 2.24) is 0 Å². The van der Waals surface area contributed by atoms with Crippen LogP contribution < -0.4 is 0 Å². The van der Waals surface area contributed by atoms with Crippen LogP contribution in [0.3, 0.4) is 0 Å². The predicted molar refractivity (Wildman–Crippen MR) is 40.8 cm³/mol. The second-order valence-electron chi connectivity index (χ2n) is 1.12. The largest absolute Gasteiger partial charge is 0.149 e. The molecule has 0 rings (SSSR count). The molecule has 50 valence electrons. The predicted octanol–water partition coefficient (Wildman–Crippen LogP) is 2.21. The molecule has 1 unspecified atom stereocenters. The first kappa shape index (κ1) is 10.4. The van der Waals surface area contributed by atoms with Gasteiger partial charge < -0.3 is 0 Å². The van der Waals surface area contributed by atoms with Gasteiger partial charge in [-0.3, -0.25) is 0 Å². The number of rotatable bonds is 4. The van der Waals surface area contributed by atoms with Crippen LogP contribution in [0.25, 0.3) is 10.4 Å². The van der Waals surface area contributed by atoms with Crippen molar-refractivity contribution in [2.75, 3.05) is 5.49 Å². The molecule has 0 aliphatic rings. The van der Waals surface area contributed by atoms with Crippen LogP contribution in [-0.2, 0) is 0 Å². The zero-order valence-electron chi connectivity index (χ0n) is 6.03. The molecule has 9 heavy (non-hydrogen) atoms. The summed E-state index contributed by atoms with van der Waals surface area (Å²) in [5.74, 6) is 0. The van der Waals surface area contributed by atoms with Crippen molar-refractivity contribution in [1.29, 1.82) is 1.28 Å². The van der Waals surface area contributed by atoms with Gasteiger partial charge in [-0.2, -0.15) is 0 Å². The van der Waals surface area contributed by atoms with E-state index in [4.69, 9.17) is 6.81 Å². The first-order valence-corrected chi connectivity index (χ1v) is 3.87. The summed E-state index contributed by atoms with van der Waals surface area (Å²) in [6, 6.07) is 0. The minimum Gasteiger partial charge on any atom is -0.149 e. The van der Waals surface area contributed by atoms with E-state index in [0.29, 0.717) is 0 Å². The van der Waals surface area contributed by atoms with E-state index >= 15 is 0 Å². The smallest absolute Gasteiger partial charge is 0.0808 e. The van der Waals surface area contributed by atoms with Crippen LogP contribution in [0.2, 0.25) is 0 Å². The van der Waals surface area contributed by atoms with E-state index in [1.165, 1.54) is 11.8 Å². The van der Waals surface area contributed by atoms with Gasteiger partial charge in [0.05, 0.1) is 6.65 Å². The van der Waals surface area contributed by atoms with E-state index in [2.05, 4.69) is 10.0 Å². The van der Waals surface area contributed by atoms with Gasteiger partial charge in [0, 0.05) is 51.2 Å². The van der Waals surface area contributed by atoms with Crippen LogP contribution in [0.15, 0.2) is 5.11 Å². The fourth-order valence-electron chi connectivity index (χ4n) is 0.227. The van der Waals surface area contributed by atoms with Gasteiger partial charge in [-0.1, -0.05) is 5.11 Å². The van der Waals surface area contributed by atoms with Crippen molar-refractivity contribution in [3.63, 3.8) is 0 Å². The van der Waals surface area contributed by atoms with Gasteiger partial charge in [-0.25, -0.2) is 0 Å². The van der Waals surface area contributed by atoms with Crippen LogP contribution in [0.1, 0.15) is 6.92 Å². The normalized spacial score (nSPS) is 13.7. The summed E-state index contributed by atoms with van der Waals surface area (Å²) in [6.45, 7) is 1.82. The summed E-state index contributed by atoms with van der Waals surface area (Å²) in [5, 5.41) is 3.41. The maximum absolute atomic E-state index is 7.94. The van der Waals surface area contributed by atoms with Crippen molar-refractivity contribution < 1.29 is 40.8 Å². The number of azide groups is 1. The Morgan fingerprint density at radius 1 is 2.11 bits per heavy atom. The quantitative estimate of drug-likeness (QED) is 0.339. The Hall–Kier alpha value is 1.44. The van der Waals surface area contributed by atoms with Gasteiger partial charge in [-0.15, -0.1) is 20.9 Å². The van der Waals surface area contributed by atoms with Crippen LogP contribution in [0, 0.1) is 40.8 Å². The second-order valence-corrected chi connectivity index (χ2v) is 3.29.